The van der Waals surface area contributed by atoms with E-state index in [1.807, 2.05) is 36.6 Å². The van der Waals surface area contributed by atoms with Gasteiger partial charge in [-0.2, -0.15) is 11.8 Å². The summed E-state index contributed by atoms with van der Waals surface area (Å²) in [6.07, 6.45) is 2.19. The minimum absolute atomic E-state index is 0.475. The van der Waals surface area contributed by atoms with Gasteiger partial charge in [-0.3, -0.25) is 0 Å². The molecule has 0 saturated heterocycles. The van der Waals surface area contributed by atoms with E-state index in [4.69, 9.17) is 21.8 Å². The Bertz CT molecular complexity index is 873. The third-order valence-electron chi connectivity index (χ3n) is 3.96. The van der Waals surface area contributed by atoms with E-state index < -0.39 is 11.9 Å². The first-order chi connectivity index (χ1) is 13.9. The Morgan fingerprint density at radius 1 is 1.17 bits per heavy atom. The lowest BCUT2D eigenvalue weighted by atomic mass is 10.0. The molecule has 1 aliphatic heterocycles. The quantitative estimate of drug-likeness (QED) is 0.431. The molecule has 0 bridgehead atoms. The lowest BCUT2D eigenvalue weighted by Gasteiger charge is -2.17. The van der Waals surface area contributed by atoms with E-state index in [0.717, 1.165) is 23.7 Å². The van der Waals surface area contributed by atoms with E-state index in [2.05, 4.69) is 41.7 Å². The van der Waals surface area contributed by atoms with Gasteiger partial charge >= 0.3 is 11.9 Å². The van der Waals surface area contributed by atoms with E-state index in [1.54, 1.807) is 0 Å². The lowest BCUT2D eigenvalue weighted by Crippen LogP contribution is -2.11. The van der Waals surface area contributed by atoms with E-state index in [9.17, 15) is 9.59 Å². The third kappa shape index (κ3) is 7.78. The van der Waals surface area contributed by atoms with Crippen LogP contribution in [0, 0.1) is 0 Å². The summed E-state index contributed by atoms with van der Waals surface area (Å²) in [5.74, 6) is -1.40. The Labute approximate surface area is 183 Å². The molecule has 1 atom stereocenters. The monoisotopic (exact) mass is 451 g/mol. The summed E-state index contributed by atoms with van der Waals surface area (Å²) >= 11 is 10.1. The van der Waals surface area contributed by atoms with Crippen molar-refractivity contribution in [3.63, 3.8) is 0 Å². The summed E-state index contributed by atoms with van der Waals surface area (Å²) in [6.45, 7) is 1.03. The highest BCUT2D eigenvalue weighted by Crippen LogP contribution is 2.46. The van der Waals surface area contributed by atoms with Crippen LogP contribution in [0.3, 0.4) is 0 Å². The zero-order valence-corrected chi connectivity index (χ0v) is 18.2. The fourth-order valence-corrected chi connectivity index (χ4v) is 5.31. The van der Waals surface area contributed by atoms with Gasteiger partial charge in [0.2, 0.25) is 0 Å². The van der Waals surface area contributed by atoms with Crippen molar-refractivity contribution in [1.82, 2.24) is 5.32 Å². The van der Waals surface area contributed by atoms with Crippen molar-refractivity contribution >= 4 is 47.1 Å². The van der Waals surface area contributed by atoms with Crippen LogP contribution < -0.4 is 5.32 Å². The first-order valence-corrected chi connectivity index (χ1v) is 11.1. The number of carboxylic acids is 2. The van der Waals surface area contributed by atoms with Gasteiger partial charge in [0.15, 0.2) is 0 Å². The average Bonchev–Trinajstić information content (AvgIpc) is 2.83. The molecule has 3 N–H and O–H groups in total. The molecule has 3 rings (SSSR count). The lowest BCUT2D eigenvalue weighted by molar-refractivity contribution is -0.134. The van der Waals surface area contributed by atoms with E-state index in [0.29, 0.717) is 17.4 Å². The van der Waals surface area contributed by atoms with Crippen LogP contribution in [0.4, 0.5) is 0 Å². The Kier molecular flexibility index (Phi) is 9.60. The molecule has 0 radical (unpaired) electrons. The molecular weight excluding hydrogens is 430 g/mol. The molecule has 1 heterocycles. The number of hydrogen-bond donors (Lipinski definition) is 3. The van der Waals surface area contributed by atoms with Crippen LogP contribution in [-0.2, 0) is 16.0 Å². The van der Waals surface area contributed by atoms with Crippen molar-refractivity contribution in [2.75, 3.05) is 19.3 Å². The van der Waals surface area contributed by atoms with Crippen molar-refractivity contribution in [2.45, 2.75) is 21.5 Å². The molecule has 1 aliphatic rings. The van der Waals surface area contributed by atoms with E-state index in [1.165, 1.54) is 20.9 Å². The van der Waals surface area contributed by atoms with Gasteiger partial charge < -0.3 is 15.5 Å². The van der Waals surface area contributed by atoms with Crippen LogP contribution in [0.15, 0.2) is 64.4 Å². The minimum Gasteiger partial charge on any atom is -0.478 e. The smallest absolute Gasteiger partial charge is 0.328 e. The minimum atomic E-state index is -1.26. The largest absolute Gasteiger partial charge is 0.478 e. The molecule has 2 aromatic rings. The number of carbonyl (C=O) groups is 2. The van der Waals surface area contributed by atoms with Gasteiger partial charge in [0.25, 0.3) is 0 Å². The summed E-state index contributed by atoms with van der Waals surface area (Å²) in [5.41, 5.74) is 2.82. The van der Waals surface area contributed by atoms with Gasteiger partial charge in [-0.25, -0.2) is 9.59 Å². The topological polar surface area (TPSA) is 86.6 Å². The van der Waals surface area contributed by atoms with E-state index >= 15 is 0 Å². The molecule has 2 aromatic carbocycles. The second kappa shape index (κ2) is 11.9. The predicted octanol–water partition coefficient (Wildman–Crippen LogP) is 4.75. The number of rotatable bonds is 6. The number of carboxylic acid groups (broad SMARTS) is 2. The highest BCUT2D eigenvalue weighted by molar-refractivity contribution is 8.00. The number of thioether (sulfide) groups is 1. The van der Waals surface area contributed by atoms with Gasteiger partial charge in [-0.15, -0.1) is 0 Å². The van der Waals surface area contributed by atoms with Gasteiger partial charge in [0.05, 0.1) is 0 Å². The summed E-state index contributed by atoms with van der Waals surface area (Å²) < 4.78 is 0. The normalized spacial score (nSPS) is 14.9. The molecular formula is C21H22ClNO4S2. The molecule has 154 valence electrons. The fourth-order valence-electron chi connectivity index (χ4n) is 2.66. The van der Waals surface area contributed by atoms with Gasteiger partial charge in [-0.05, 0) is 48.9 Å². The average molecular weight is 452 g/mol. The van der Waals surface area contributed by atoms with Crippen LogP contribution in [0.25, 0.3) is 0 Å². The molecule has 0 aliphatic carbocycles. The maximum Gasteiger partial charge on any atom is 0.328 e. The standard InChI is InChI=1S/C17H18ClNS2.C4H4O4/c1-19-8-9-20-17-10-12-4-2-3-5-15(12)21-16-7-6-13(18)11-14(16)17;5-3(6)1-2-4(7)8/h2-7,11,17,19H,8-10H2,1H3;1-2H,(H,5,6)(H,7,8)/b;2-1-. The van der Waals surface area contributed by atoms with Crippen molar-refractivity contribution in [3.8, 4) is 0 Å². The number of hydrogen-bond acceptors (Lipinski definition) is 5. The fraction of sp³-hybridized carbons (Fsp3) is 0.238. The van der Waals surface area contributed by atoms with Crippen molar-refractivity contribution in [1.29, 1.82) is 0 Å². The summed E-state index contributed by atoms with van der Waals surface area (Å²) in [7, 11) is 2.00. The Morgan fingerprint density at radius 2 is 1.86 bits per heavy atom. The highest BCUT2D eigenvalue weighted by atomic mass is 35.5. The molecule has 0 amide bonds. The molecule has 0 saturated carbocycles. The maximum absolute atomic E-state index is 9.55. The summed E-state index contributed by atoms with van der Waals surface area (Å²) in [4.78, 5) is 21.8. The SMILES string of the molecule is CNCCSC1Cc2ccccc2Sc2ccc(Cl)cc21.O=C(O)/C=C\C(=O)O. The van der Waals surface area contributed by atoms with Crippen LogP contribution in [-0.4, -0.2) is 41.5 Å². The third-order valence-corrected chi connectivity index (χ3v) is 6.66. The zero-order chi connectivity index (χ0) is 21.2. The molecule has 29 heavy (non-hydrogen) atoms. The van der Waals surface area contributed by atoms with Crippen molar-refractivity contribution in [3.05, 3.63) is 70.8 Å². The zero-order valence-electron chi connectivity index (χ0n) is 15.8. The molecule has 8 heteroatoms. The van der Waals surface area contributed by atoms with Crippen LogP contribution in [0.2, 0.25) is 5.02 Å². The number of halogens is 1. The summed E-state index contributed by atoms with van der Waals surface area (Å²) in [6, 6.07) is 15.0. The van der Waals surface area contributed by atoms with Crippen molar-refractivity contribution in [2.24, 2.45) is 0 Å². The molecule has 1 unspecified atom stereocenters. The molecule has 5 nitrogen and oxygen atoms in total. The number of benzene rings is 2. The maximum atomic E-state index is 9.55. The van der Waals surface area contributed by atoms with Crippen LogP contribution in [0.1, 0.15) is 16.4 Å². The van der Waals surface area contributed by atoms with Crippen LogP contribution in [0.5, 0.6) is 0 Å². The number of aliphatic carboxylic acids is 2. The Hall–Kier alpha value is -1.93. The highest BCUT2D eigenvalue weighted by Gasteiger charge is 2.23. The number of nitrogens with one attached hydrogen (secondary N) is 1. The molecule has 0 spiro atoms. The van der Waals surface area contributed by atoms with Gasteiger partial charge in [0, 0.05) is 44.5 Å². The molecule has 0 aromatic heterocycles. The van der Waals surface area contributed by atoms with Crippen LogP contribution >= 0.6 is 35.1 Å². The number of fused-ring (bicyclic) bond motifs is 2. The second-order valence-electron chi connectivity index (χ2n) is 6.07. The molecule has 0 fully saturated rings. The first-order valence-electron chi connectivity index (χ1n) is 8.86. The van der Waals surface area contributed by atoms with E-state index in [-0.39, 0.29) is 0 Å². The predicted molar refractivity (Wildman–Crippen MR) is 119 cm³/mol. The van der Waals surface area contributed by atoms with Gasteiger partial charge in [0.1, 0.15) is 0 Å². The Balaban J connectivity index is 0.000000321. The second-order valence-corrected chi connectivity index (χ2v) is 8.90. The summed E-state index contributed by atoms with van der Waals surface area (Å²) in [5, 5.41) is 20.2. The van der Waals surface area contributed by atoms with Crippen molar-refractivity contribution < 1.29 is 19.8 Å². The first kappa shape index (κ1) is 23.3. The Morgan fingerprint density at radius 3 is 2.52 bits per heavy atom. The van der Waals surface area contributed by atoms with Gasteiger partial charge in [-0.1, -0.05) is 41.6 Å².